The summed E-state index contributed by atoms with van der Waals surface area (Å²) < 4.78 is 13.7. The number of halogens is 1. The molecule has 0 atom stereocenters. The maximum absolute atomic E-state index is 5.78. The van der Waals surface area contributed by atoms with Crippen LogP contribution in [-0.4, -0.2) is 26.9 Å². The highest BCUT2D eigenvalue weighted by molar-refractivity contribution is 9.10. The molecule has 0 amide bonds. The number of hydrogen-bond donors (Lipinski definition) is 0. The molecule has 4 rings (SSSR count). The van der Waals surface area contributed by atoms with Crippen molar-refractivity contribution >= 4 is 32.2 Å². The Morgan fingerprint density at radius 2 is 1.72 bits per heavy atom. The van der Waals surface area contributed by atoms with Crippen LogP contribution in [0.1, 0.15) is 5.01 Å². The van der Waals surface area contributed by atoms with Gasteiger partial charge in [-0.1, -0.05) is 39.4 Å². The lowest BCUT2D eigenvalue weighted by Gasteiger charge is -2.04. The number of methoxy groups -OCH3 is 1. The summed E-state index contributed by atoms with van der Waals surface area (Å²) in [5, 5.41) is 13.8. The first-order valence-electron chi connectivity index (χ1n) is 7.47. The molecule has 0 radical (unpaired) electrons. The van der Waals surface area contributed by atoms with E-state index < -0.39 is 0 Å². The van der Waals surface area contributed by atoms with Crippen molar-refractivity contribution < 1.29 is 9.47 Å². The molecule has 0 saturated heterocycles. The molecular weight excluding hydrogens is 404 g/mol. The lowest BCUT2D eigenvalue weighted by atomic mass is 10.2. The fourth-order valence-electron chi connectivity index (χ4n) is 2.31. The van der Waals surface area contributed by atoms with Gasteiger partial charge in [-0.25, -0.2) is 0 Å². The van der Waals surface area contributed by atoms with Crippen LogP contribution in [0.3, 0.4) is 0 Å². The van der Waals surface area contributed by atoms with E-state index in [2.05, 4.69) is 31.2 Å². The van der Waals surface area contributed by atoms with Crippen LogP contribution in [0.4, 0.5) is 0 Å². The van der Waals surface area contributed by atoms with Gasteiger partial charge in [-0.2, -0.15) is 9.61 Å². The number of benzene rings is 2. The van der Waals surface area contributed by atoms with Gasteiger partial charge in [-0.15, -0.1) is 10.2 Å². The van der Waals surface area contributed by atoms with Crippen molar-refractivity contribution in [3.05, 3.63) is 58.0 Å². The standard InChI is InChI=1S/C17H13BrN4O2S/c1-23-13-6-8-14(9-7-13)24-10-15-21-22-16(19-20-17(22)25-15)11-2-4-12(18)5-3-11/h2-9H,10H2,1H3. The summed E-state index contributed by atoms with van der Waals surface area (Å²) in [7, 11) is 1.64. The van der Waals surface area contributed by atoms with E-state index in [1.807, 2.05) is 48.5 Å². The van der Waals surface area contributed by atoms with E-state index in [9.17, 15) is 0 Å². The van der Waals surface area contributed by atoms with Gasteiger partial charge in [0.1, 0.15) is 18.1 Å². The molecule has 126 valence electrons. The topological polar surface area (TPSA) is 61.5 Å². The van der Waals surface area contributed by atoms with Crippen molar-refractivity contribution in [3.63, 3.8) is 0 Å². The average Bonchev–Trinajstić information content (AvgIpc) is 3.21. The Morgan fingerprint density at radius 1 is 1.00 bits per heavy atom. The molecule has 2 aromatic heterocycles. The normalized spacial score (nSPS) is 11.0. The first-order valence-corrected chi connectivity index (χ1v) is 9.08. The zero-order valence-corrected chi connectivity index (χ0v) is 15.6. The lowest BCUT2D eigenvalue weighted by molar-refractivity contribution is 0.303. The van der Waals surface area contributed by atoms with Crippen LogP contribution < -0.4 is 9.47 Å². The third-order valence-electron chi connectivity index (χ3n) is 3.56. The quantitative estimate of drug-likeness (QED) is 0.487. The predicted octanol–water partition coefficient (Wildman–Crippen LogP) is 4.20. The minimum absolute atomic E-state index is 0.375. The highest BCUT2D eigenvalue weighted by atomic mass is 79.9. The Labute approximate surface area is 156 Å². The third-order valence-corrected chi connectivity index (χ3v) is 4.96. The first kappa shape index (κ1) is 16.0. The monoisotopic (exact) mass is 416 g/mol. The average molecular weight is 417 g/mol. The molecule has 8 heteroatoms. The van der Waals surface area contributed by atoms with Crippen molar-refractivity contribution in [1.82, 2.24) is 19.8 Å². The number of aromatic nitrogens is 4. The molecule has 0 aliphatic carbocycles. The van der Waals surface area contributed by atoms with E-state index in [1.165, 1.54) is 11.3 Å². The van der Waals surface area contributed by atoms with Gasteiger partial charge in [-0.3, -0.25) is 0 Å². The summed E-state index contributed by atoms with van der Waals surface area (Å²) in [5.74, 6) is 2.28. The molecule has 0 fully saturated rings. The van der Waals surface area contributed by atoms with Crippen molar-refractivity contribution in [2.75, 3.05) is 7.11 Å². The molecule has 0 unspecified atom stereocenters. The zero-order valence-electron chi connectivity index (χ0n) is 13.2. The van der Waals surface area contributed by atoms with E-state index in [0.717, 1.165) is 37.3 Å². The summed E-state index contributed by atoms with van der Waals surface area (Å²) in [6.07, 6.45) is 0. The second kappa shape index (κ2) is 6.81. The highest BCUT2D eigenvalue weighted by Gasteiger charge is 2.13. The molecule has 6 nitrogen and oxygen atoms in total. The fraction of sp³-hybridized carbons (Fsp3) is 0.118. The Balaban J connectivity index is 1.54. The highest BCUT2D eigenvalue weighted by Crippen LogP contribution is 2.24. The fourth-order valence-corrected chi connectivity index (χ4v) is 3.32. The van der Waals surface area contributed by atoms with Crippen LogP contribution >= 0.6 is 27.3 Å². The molecule has 2 heterocycles. The van der Waals surface area contributed by atoms with Gasteiger partial charge in [0, 0.05) is 10.0 Å². The van der Waals surface area contributed by atoms with Crippen LogP contribution in [0.15, 0.2) is 53.0 Å². The van der Waals surface area contributed by atoms with Gasteiger partial charge >= 0.3 is 0 Å². The molecule has 0 saturated carbocycles. The summed E-state index contributed by atoms with van der Waals surface area (Å²) in [6, 6.07) is 15.4. The first-order chi connectivity index (χ1) is 12.2. The molecule has 0 N–H and O–H groups in total. The van der Waals surface area contributed by atoms with E-state index in [0.29, 0.717) is 6.61 Å². The lowest BCUT2D eigenvalue weighted by Crippen LogP contribution is -1.97. The summed E-state index contributed by atoms with van der Waals surface area (Å²) >= 11 is 4.90. The van der Waals surface area contributed by atoms with Crippen LogP contribution in [0.2, 0.25) is 0 Å². The number of fused-ring (bicyclic) bond motifs is 1. The van der Waals surface area contributed by atoms with Gasteiger partial charge < -0.3 is 9.47 Å². The van der Waals surface area contributed by atoms with Gasteiger partial charge in [0.15, 0.2) is 10.8 Å². The summed E-state index contributed by atoms with van der Waals surface area (Å²) in [6.45, 7) is 0.375. The molecule has 25 heavy (non-hydrogen) atoms. The Hall–Kier alpha value is -2.45. The van der Waals surface area contributed by atoms with Crippen molar-refractivity contribution in [1.29, 1.82) is 0 Å². The smallest absolute Gasteiger partial charge is 0.235 e. The molecular formula is C17H13BrN4O2S. The summed E-state index contributed by atoms with van der Waals surface area (Å²) in [4.78, 5) is 0.742. The second-order valence-electron chi connectivity index (χ2n) is 5.18. The third kappa shape index (κ3) is 3.35. The Kier molecular flexibility index (Phi) is 4.37. The SMILES string of the molecule is COc1ccc(OCc2nn3c(-c4ccc(Br)cc4)nnc3s2)cc1. The number of rotatable bonds is 5. The predicted molar refractivity (Wildman–Crippen MR) is 99.1 cm³/mol. The minimum Gasteiger partial charge on any atom is -0.497 e. The number of ether oxygens (including phenoxy) is 2. The molecule has 4 aromatic rings. The molecule has 0 aliphatic rings. The van der Waals surface area contributed by atoms with E-state index in [1.54, 1.807) is 11.6 Å². The van der Waals surface area contributed by atoms with Gasteiger partial charge in [-0.05, 0) is 36.4 Å². The van der Waals surface area contributed by atoms with Crippen molar-refractivity contribution in [2.24, 2.45) is 0 Å². The Bertz CT molecular complexity index is 996. The van der Waals surface area contributed by atoms with E-state index in [-0.39, 0.29) is 0 Å². The van der Waals surface area contributed by atoms with Crippen molar-refractivity contribution in [2.45, 2.75) is 6.61 Å². The zero-order chi connectivity index (χ0) is 17.2. The van der Waals surface area contributed by atoms with Crippen LogP contribution in [0.25, 0.3) is 16.3 Å². The van der Waals surface area contributed by atoms with Gasteiger partial charge in [0.05, 0.1) is 7.11 Å². The molecule has 0 bridgehead atoms. The maximum atomic E-state index is 5.78. The van der Waals surface area contributed by atoms with Gasteiger partial charge in [0.2, 0.25) is 4.96 Å². The van der Waals surface area contributed by atoms with E-state index >= 15 is 0 Å². The van der Waals surface area contributed by atoms with E-state index in [4.69, 9.17) is 9.47 Å². The van der Waals surface area contributed by atoms with Crippen LogP contribution in [0, 0.1) is 0 Å². The van der Waals surface area contributed by atoms with Crippen LogP contribution in [0.5, 0.6) is 11.5 Å². The summed E-state index contributed by atoms with van der Waals surface area (Å²) in [5.41, 5.74) is 0.962. The molecule has 0 spiro atoms. The van der Waals surface area contributed by atoms with Crippen LogP contribution in [-0.2, 0) is 6.61 Å². The number of hydrogen-bond acceptors (Lipinski definition) is 6. The molecule has 2 aromatic carbocycles. The molecule has 0 aliphatic heterocycles. The largest absolute Gasteiger partial charge is 0.497 e. The van der Waals surface area contributed by atoms with Gasteiger partial charge in [0.25, 0.3) is 0 Å². The Morgan fingerprint density at radius 3 is 2.44 bits per heavy atom. The van der Waals surface area contributed by atoms with Crippen molar-refractivity contribution in [3.8, 4) is 22.9 Å². The number of nitrogens with zero attached hydrogens (tertiary/aromatic N) is 4. The minimum atomic E-state index is 0.375. The maximum Gasteiger partial charge on any atom is 0.235 e. The second-order valence-corrected chi connectivity index (χ2v) is 7.14.